The number of pyridine rings is 2. The Morgan fingerprint density at radius 2 is 2.08 bits per heavy atom. The van der Waals surface area contributed by atoms with Gasteiger partial charge in [0.15, 0.2) is 0 Å². The summed E-state index contributed by atoms with van der Waals surface area (Å²) in [5.41, 5.74) is 10.9. The van der Waals surface area contributed by atoms with Crippen LogP contribution in [0.3, 0.4) is 0 Å². The first kappa shape index (κ1) is 18.6. The third-order valence-electron chi connectivity index (χ3n) is 4.49. The molecule has 3 aromatic heterocycles. The van der Waals surface area contributed by atoms with E-state index in [-0.39, 0.29) is 6.10 Å². The van der Waals surface area contributed by atoms with Crippen molar-refractivity contribution in [3.63, 3.8) is 0 Å². The highest BCUT2D eigenvalue weighted by Crippen LogP contribution is 2.32. The van der Waals surface area contributed by atoms with Crippen LogP contribution in [-0.2, 0) is 4.74 Å². The summed E-state index contributed by atoms with van der Waals surface area (Å²) in [6.07, 6.45) is 5.12. The quantitative estimate of drug-likeness (QED) is 0.681. The Morgan fingerprint density at radius 3 is 2.73 bits per heavy atom. The zero-order chi connectivity index (χ0) is 18.7. The van der Waals surface area contributed by atoms with Gasteiger partial charge in [0.05, 0.1) is 29.4 Å². The Morgan fingerprint density at radius 1 is 1.27 bits per heavy atom. The van der Waals surface area contributed by atoms with Crippen LogP contribution < -0.4 is 5.73 Å². The molecular formula is C19H23ClN4O2. The van der Waals surface area contributed by atoms with Gasteiger partial charge in [0.2, 0.25) is 0 Å². The molecule has 1 aliphatic heterocycles. The molecule has 26 heavy (non-hydrogen) atoms. The summed E-state index contributed by atoms with van der Waals surface area (Å²) in [5.74, 6) is 0.447. The van der Waals surface area contributed by atoms with Gasteiger partial charge in [0, 0.05) is 29.6 Å². The van der Waals surface area contributed by atoms with E-state index in [0.717, 1.165) is 41.8 Å². The highest BCUT2D eigenvalue weighted by atomic mass is 35.5. The van der Waals surface area contributed by atoms with Crippen molar-refractivity contribution in [1.29, 1.82) is 0 Å². The molecule has 3 aromatic rings. The fraction of sp³-hybridized carbons (Fsp3) is 0.368. The molecule has 1 atom stereocenters. The molecule has 0 spiro atoms. The van der Waals surface area contributed by atoms with Gasteiger partial charge in [-0.3, -0.25) is 0 Å². The summed E-state index contributed by atoms with van der Waals surface area (Å²) in [7, 11) is 0. The third-order valence-corrected chi connectivity index (χ3v) is 4.79. The van der Waals surface area contributed by atoms with Crippen LogP contribution in [0.25, 0.3) is 16.6 Å². The zero-order valence-corrected chi connectivity index (χ0v) is 15.7. The number of fused-ring (bicyclic) bond motifs is 1. The largest absolute Gasteiger partial charge is 0.391 e. The molecule has 0 bridgehead atoms. The van der Waals surface area contributed by atoms with E-state index in [1.807, 2.05) is 23.7 Å². The summed E-state index contributed by atoms with van der Waals surface area (Å²) in [6.45, 7) is 5.48. The molecule has 0 aliphatic carbocycles. The molecular weight excluding hydrogens is 352 g/mol. The molecule has 1 saturated heterocycles. The predicted molar refractivity (Wildman–Crippen MR) is 103 cm³/mol. The first-order valence-corrected chi connectivity index (χ1v) is 8.96. The number of aromatic nitrogens is 3. The minimum Gasteiger partial charge on any atom is -0.391 e. The van der Waals surface area contributed by atoms with Gasteiger partial charge < -0.3 is 15.6 Å². The van der Waals surface area contributed by atoms with Crippen LogP contribution in [0.2, 0.25) is 5.02 Å². The number of aliphatic hydroxyl groups is 1. The molecule has 4 rings (SSSR count). The van der Waals surface area contributed by atoms with Crippen molar-refractivity contribution in [2.75, 3.05) is 18.9 Å². The van der Waals surface area contributed by atoms with E-state index >= 15 is 0 Å². The lowest BCUT2D eigenvalue weighted by Crippen LogP contribution is -2.21. The van der Waals surface area contributed by atoms with E-state index in [9.17, 15) is 0 Å². The zero-order valence-electron chi connectivity index (χ0n) is 14.9. The number of anilines is 1. The summed E-state index contributed by atoms with van der Waals surface area (Å²) in [4.78, 5) is 3.98. The van der Waals surface area contributed by atoms with Crippen LogP contribution in [-0.4, -0.2) is 39.0 Å². The number of hydrogen-bond acceptors (Lipinski definition) is 5. The second-order valence-corrected chi connectivity index (χ2v) is 6.82. The predicted octanol–water partition coefficient (Wildman–Crippen LogP) is 3.41. The van der Waals surface area contributed by atoms with E-state index in [0.29, 0.717) is 17.4 Å². The number of halogens is 1. The van der Waals surface area contributed by atoms with Crippen LogP contribution in [0.1, 0.15) is 24.1 Å². The topological polar surface area (TPSA) is 85.7 Å². The maximum atomic E-state index is 8.78. The van der Waals surface area contributed by atoms with Gasteiger partial charge in [0.25, 0.3) is 0 Å². The summed E-state index contributed by atoms with van der Waals surface area (Å²) in [5, 5.41) is 13.8. The fourth-order valence-electron chi connectivity index (χ4n) is 2.87. The van der Waals surface area contributed by atoms with Crippen molar-refractivity contribution in [3.05, 3.63) is 46.9 Å². The van der Waals surface area contributed by atoms with E-state index in [1.54, 1.807) is 12.3 Å². The first-order valence-electron chi connectivity index (χ1n) is 8.58. The summed E-state index contributed by atoms with van der Waals surface area (Å²) >= 11 is 6.20. The number of aryl methyl sites for hydroxylation is 2. The van der Waals surface area contributed by atoms with Gasteiger partial charge in [-0.25, -0.2) is 9.50 Å². The van der Waals surface area contributed by atoms with Crippen molar-refractivity contribution >= 4 is 22.9 Å². The fourth-order valence-corrected chi connectivity index (χ4v) is 3.07. The van der Waals surface area contributed by atoms with Crippen LogP contribution in [0.5, 0.6) is 0 Å². The SMILES string of the molecule is Cc1ccc2c(-c3cc(N)ncc3Cl)cnn2c1C.OC1CCCOC1. The third kappa shape index (κ3) is 3.98. The lowest BCUT2D eigenvalue weighted by molar-refractivity contribution is -0.00535. The number of aliphatic hydroxyl groups excluding tert-OH is 1. The molecule has 0 amide bonds. The number of nitrogens with two attached hydrogens (primary N) is 1. The minimum atomic E-state index is -0.186. The van der Waals surface area contributed by atoms with Gasteiger partial charge in [-0.15, -0.1) is 0 Å². The average Bonchev–Trinajstić information content (AvgIpc) is 3.06. The molecule has 4 heterocycles. The number of hydrogen-bond donors (Lipinski definition) is 2. The Labute approximate surface area is 157 Å². The molecule has 1 unspecified atom stereocenters. The van der Waals surface area contributed by atoms with Gasteiger partial charge in [-0.05, 0) is 44.4 Å². The lowest BCUT2D eigenvalue weighted by atomic mass is 10.1. The molecule has 0 saturated carbocycles. The molecule has 1 fully saturated rings. The van der Waals surface area contributed by atoms with Crippen molar-refractivity contribution in [1.82, 2.24) is 14.6 Å². The van der Waals surface area contributed by atoms with E-state index in [4.69, 9.17) is 27.2 Å². The molecule has 6 nitrogen and oxygen atoms in total. The summed E-state index contributed by atoms with van der Waals surface area (Å²) < 4.78 is 6.85. The first-order chi connectivity index (χ1) is 12.5. The number of nitrogens with zero attached hydrogens (tertiary/aromatic N) is 3. The Balaban J connectivity index is 0.000000236. The summed E-state index contributed by atoms with van der Waals surface area (Å²) in [6, 6.07) is 5.89. The molecule has 0 radical (unpaired) electrons. The highest BCUT2D eigenvalue weighted by Gasteiger charge is 2.12. The molecule has 7 heteroatoms. The molecule has 3 N–H and O–H groups in total. The highest BCUT2D eigenvalue weighted by molar-refractivity contribution is 6.33. The van der Waals surface area contributed by atoms with Crippen LogP contribution in [0.4, 0.5) is 5.82 Å². The monoisotopic (exact) mass is 374 g/mol. The number of nitrogen functional groups attached to an aromatic ring is 1. The van der Waals surface area contributed by atoms with Crippen LogP contribution >= 0.6 is 11.6 Å². The maximum absolute atomic E-state index is 8.78. The maximum Gasteiger partial charge on any atom is 0.124 e. The molecule has 0 aromatic carbocycles. The van der Waals surface area contributed by atoms with E-state index in [1.165, 1.54) is 5.56 Å². The van der Waals surface area contributed by atoms with Crippen molar-refractivity contribution in [3.8, 4) is 11.1 Å². The normalized spacial score (nSPS) is 17.0. The minimum absolute atomic E-state index is 0.186. The van der Waals surface area contributed by atoms with Gasteiger partial charge in [0.1, 0.15) is 5.82 Å². The molecule has 1 aliphatic rings. The number of rotatable bonds is 1. The van der Waals surface area contributed by atoms with Crippen LogP contribution in [0, 0.1) is 13.8 Å². The smallest absolute Gasteiger partial charge is 0.124 e. The molecule has 138 valence electrons. The van der Waals surface area contributed by atoms with Crippen LogP contribution in [0.15, 0.2) is 30.6 Å². The average molecular weight is 375 g/mol. The Kier molecular flexibility index (Phi) is 5.76. The van der Waals surface area contributed by atoms with Crippen molar-refractivity contribution in [2.45, 2.75) is 32.8 Å². The van der Waals surface area contributed by atoms with Gasteiger partial charge in [-0.1, -0.05) is 17.7 Å². The standard InChI is InChI=1S/C14H13ClN4.C5H10O2/c1-8-3-4-13-11(6-18-19(13)9(8)2)10-5-14(16)17-7-12(10)15;6-5-2-1-3-7-4-5/h3-7H,1-2H3,(H2,16,17);5-6H,1-4H2. The lowest BCUT2D eigenvalue weighted by Gasteiger charge is -2.15. The van der Waals surface area contributed by atoms with E-state index < -0.39 is 0 Å². The second kappa shape index (κ2) is 8.03. The van der Waals surface area contributed by atoms with E-state index in [2.05, 4.69) is 23.1 Å². The van der Waals surface area contributed by atoms with Gasteiger partial charge in [-0.2, -0.15) is 5.10 Å². The van der Waals surface area contributed by atoms with Crippen molar-refractivity contribution < 1.29 is 9.84 Å². The van der Waals surface area contributed by atoms with Crippen molar-refractivity contribution in [2.24, 2.45) is 0 Å². The number of ether oxygens (including phenoxy) is 1. The Hall–Kier alpha value is -2.15. The second-order valence-electron chi connectivity index (χ2n) is 6.42. The Bertz CT molecular complexity index is 904. The van der Waals surface area contributed by atoms with Gasteiger partial charge >= 0.3 is 0 Å².